The van der Waals surface area contributed by atoms with Crippen molar-refractivity contribution in [3.05, 3.63) is 34.9 Å². The highest BCUT2D eigenvalue weighted by molar-refractivity contribution is 5.34. The van der Waals surface area contributed by atoms with Crippen molar-refractivity contribution in [1.29, 1.82) is 0 Å². The summed E-state index contributed by atoms with van der Waals surface area (Å²) in [5, 5.41) is 0. The molecule has 1 rings (SSSR count). The molecule has 0 aromatic heterocycles. The topological polar surface area (TPSA) is 35.2 Å². The standard InChI is InChI=1S/C16H27NO/c1-6-16(5,18-7-2)15(17)11-14-12(3)9-8-10-13(14)4/h8-10,15H,6-7,11,17H2,1-5H3. The molecule has 0 radical (unpaired) electrons. The third kappa shape index (κ3) is 3.33. The van der Waals surface area contributed by atoms with Gasteiger partial charge in [0.1, 0.15) is 0 Å². The van der Waals surface area contributed by atoms with Crippen molar-refractivity contribution in [2.45, 2.75) is 59.1 Å². The zero-order chi connectivity index (χ0) is 13.8. The Morgan fingerprint density at radius 3 is 2.22 bits per heavy atom. The van der Waals surface area contributed by atoms with Gasteiger partial charge in [0.2, 0.25) is 0 Å². The molecule has 2 unspecified atom stereocenters. The van der Waals surface area contributed by atoms with Crippen LogP contribution in [0.15, 0.2) is 18.2 Å². The monoisotopic (exact) mass is 249 g/mol. The molecule has 2 N–H and O–H groups in total. The van der Waals surface area contributed by atoms with E-state index in [0.717, 1.165) is 12.8 Å². The lowest BCUT2D eigenvalue weighted by atomic mass is 9.86. The average Bonchev–Trinajstić information content (AvgIpc) is 2.34. The fourth-order valence-electron chi connectivity index (χ4n) is 2.41. The van der Waals surface area contributed by atoms with Crippen LogP contribution < -0.4 is 5.73 Å². The molecule has 0 aliphatic carbocycles. The van der Waals surface area contributed by atoms with Gasteiger partial charge < -0.3 is 10.5 Å². The van der Waals surface area contributed by atoms with E-state index in [1.165, 1.54) is 16.7 Å². The number of hydrogen-bond donors (Lipinski definition) is 1. The Kier molecular flexibility index (Phi) is 5.36. The molecule has 0 heterocycles. The van der Waals surface area contributed by atoms with Crippen LogP contribution >= 0.6 is 0 Å². The van der Waals surface area contributed by atoms with Crippen LogP contribution in [0.25, 0.3) is 0 Å². The third-order valence-corrected chi connectivity index (χ3v) is 4.03. The van der Waals surface area contributed by atoms with Crippen LogP contribution in [0.3, 0.4) is 0 Å². The van der Waals surface area contributed by atoms with Crippen molar-refractivity contribution in [1.82, 2.24) is 0 Å². The third-order valence-electron chi connectivity index (χ3n) is 4.03. The maximum absolute atomic E-state index is 6.39. The number of nitrogens with two attached hydrogens (primary N) is 1. The molecule has 0 fully saturated rings. The maximum atomic E-state index is 6.39. The van der Waals surface area contributed by atoms with E-state index < -0.39 is 0 Å². The SMILES string of the molecule is CCOC(C)(CC)C(N)Cc1c(C)cccc1C. The van der Waals surface area contributed by atoms with Gasteiger partial charge >= 0.3 is 0 Å². The number of aryl methyl sites for hydroxylation is 2. The predicted molar refractivity (Wildman–Crippen MR) is 77.9 cm³/mol. The highest BCUT2D eigenvalue weighted by Gasteiger charge is 2.30. The largest absolute Gasteiger partial charge is 0.374 e. The fourth-order valence-corrected chi connectivity index (χ4v) is 2.41. The van der Waals surface area contributed by atoms with Gasteiger partial charge in [0.25, 0.3) is 0 Å². The molecule has 18 heavy (non-hydrogen) atoms. The molecule has 2 atom stereocenters. The summed E-state index contributed by atoms with van der Waals surface area (Å²) >= 11 is 0. The van der Waals surface area contributed by atoms with Crippen molar-refractivity contribution in [2.75, 3.05) is 6.61 Å². The van der Waals surface area contributed by atoms with Gasteiger partial charge in [-0.15, -0.1) is 0 Å². The van der Waals surface area contributed by atoms with Gasteiger partial charge in [0.05, 0.1) is 5.60 Å². The van der Waals surface area contributed by atoms with Gasteiger partial charge in [-0.3, -0.25) is 0 Å². The van der Waals surface area contributed by atoms with Crippen molar-refractivity contribution in [2.24, 2.45) is 5.73 Å². The number of rotatable bonds is 6. The first-order valence-corrected chi connectivity index (χ1v) is 6.89. The van der Waals surface area contributed by atoms with Gasteiger partial charge in [-0.05, 0) is 57.2 Å². The van der Waals surface area contributed by atoms with Gasteiger partial charge in [0.15, 0.2) is 0 Å². The quantitative estimate of drug-likeness (QED) is 0.839. The summed E-state index contributed by atoms with van der Waals surface area (Å²) in [4.78, 5) is 0. The first kappa shape index (κ1) is 15.2. The van der Waals surface area contributed by atoms with Crippen LogP contribution in [0.2, 0.25) is 0 Å². The second kappa shape index (κ2) is 6.35. The summed E-state index contributed by atoms with van der Waals surface area (Å²) in [6.07, 6.45) is 1.82. The second-order valence-electron chi connectivity index (χ2n) is 5.28. The Bertz CT molecular complexity index is 368. The van der Waals surface area contributed by atoms with Crippen LogP contribution in [0.1, 0.15) is 43.9 Å². The summed E-state index contributed by atoms with van der Waals surface area (Å²) in [6, 6.07) is 6.43. The van der Waals surface area contributed by atoms with E-state index in [-0.39, 0.29) is 11.6 Å². The Hall–Kier alpha value is -0.860. The second-order valence-corrected chi connectivity index (χ2v) is 5.28. The van der Waals surface area contributed by atoms with Crippen molar-refractivity contribution >= 4 is 0 Å². The molecule has 2 nitrogen and oxygen atoms in total. The fraction of sp³-hybridized carbons (Fsp3) is 0.625. The summed E-state index contributed by atoms with van der Waals surface area (Å²) in [7, 11) is 0. The van der Waals surface area contributed by atoms with Gasteiger partial charge in [0, 0.05) is 12.6 Å². The van der Waals surface area contributed by atoms with E-state index in [1.807, 2.05) is 6.92 Å². The minimum Gasteiger partial charge on any atom is -0.374 e. The molecule has 0 saturated heterocycles. The molecule has 0 aliphatic heterocycles. The summed E-state index contributed by atoms with van der Waals surface area (Å²) in [6.45, 7) is 11.3. The first-order chi connectivity index (χ1) is 8.44. The normalized spacial score (nSPS) is 16.3. The van der Waals surface area contributed by atoms with Crippen LogP contribution in [-0.4, -0.2) is 18.2 Å². The van der Waals surface area contributed by atoms with Crippen LogP contribution in [0, 0.1) is 13.8 Å². The number of ether oxygens (including phenoxy) is 1. The Morgan fingerprint density at radius 2 is 1.78 bits per heavy atom. The summed E-state index contributed by atoms with van der Waals surface area (Å²) in [5.41, 5.74) is 10.2. The lowest BCUT2D eigenvalue weighted by molar-refractivity contribution is -0.0461. The van der Waals surface area contributed by atoms with E-state index in [2.05, 4.69) is 45.9 Å². The average molecular weight is 249 g/mol. The summed E-state index contributed by atoms with van der Waals surface area (Å²) < 4.78 is 5.87. The smallest absolute Gasteiger partial charge is 0.0805 e. The van der Waals surface area contributed by atoms with Crippen LogP contribution in [0.5, 0.6) is 0 Å². The van der Waals surface area contributed by atoms with Crippen molar-refractivity contribution < 1.29 is 4.74 Å². The first-order valence-electron chi connectivity index (χ1n) is 6.89. The van der Waals surface area contributed by atoms with Crippen molar-refractivity contribution in [3.8, 4) is 0 Å². The van der Waals surface area contributed by atoms with Gasteiger partial charge in [-0.25, -0.2) is 0 Å². The zero-order valence-corrected chi connectivity index (χ0v) is 12.4. The Morgan fingerprint density at radius 1 is 1.22 bits per heavy atom. The molecular formula is C16H27NO. The molecule has 0 bridgehead atoms. The molecule has 0 amide bonds. The Balaban J connectivity index is 2.89. The van der Waals surface area contributed by atoms with Crippen LogP contribution in [0.4, 0.5) is 0 Å². The van der Waals surface area contributed by atoms with Gasteiger partial charge in [-0.1, -0.05) is 25.1 Å². The molecule has 0 spiro atoms. The van der Waals surface area contributed by atoms with E-state index in [9.17, 15) is 0 Å². The van der Waals surface area contributed by atoms with E-state index in [4.69, 9.17) is 10.5 Å². The lowest BCUT2D eigenvalue weighted by Gasteiger charge is -2.35. The molecule has 2 heteroatoms. The van der Waals surface area contributed by atoms with E-state index in [0.29, 0.717) is 6.61 Å². The molecule has 1 aromatic rings. The highest BCUT2D eigenvalue weighted by Crippen LogP contribution is 2.24. The predicted octanol–water partition coefficient (Wildman–Crippen LogP) is 3.38. The minimum absolute atomic E-state index is 0.0299. The molecule has 0 aliphatic rings. The highest BCUT2D eigenvalue weighted by atomic mass is 16.5. The molecule has 0 saturated carbocycles. The van der Waals surface area contributed by atoms with Gasteiger partial charge in [-0.2, -0.15) is 0 Å². The van der Waals surface area contributed by atoms with E-state index in [1.54, 1.807) is 0 Å². The van der Waals surface area contributed by atoms with Crippen molar-refractivity contribution in [3.63, 3.8) is 0 Å². The molecule has 102 valence electrons. The molecule has 1 aromatic carbocycles. The zero-order valence-electron chi connectivity index (χ0n) is 12.4. The maximum Gasteiger partial charge on any atom is 0.0805 e. The Labute approximate surface area is 112 Å². The number of benzene rings is 1. The lowest BCUT2D eigenvalue weighted by Crippen LogP contribution is -2.48. The summed E-state index contributed by atoms with van der Waals surface area (Å²) in [5.74, 6) is 0. The van der Waals surface area contributed by atoms with E-state index >= 15 is 0 Å². The number of hydrogen-bond acceptors (Lipinski definition) is 2. The molecular weight excluding hydrogens is 222 g/mol. The minimum atomic E-state index is -0.233. The van der Waals surface area contributed by atoms with Crippen LogP contribution in [-0.2, 0) is 11.2 Å².